The smallest absolute Gasteiger partial charge is 0.166 e. The number of methoxy groups -OCH3 is 1. The van der Waals surface area contributed by atoms with Crippen molar-refractivity contribution in [3.63, 3.8) is 0 Å². The largest absolute Gasteiger partial charge is 0.493 e. The van der Waals surface area contributed by atoms with Crippen LogP contribution in [0, 0.1) is 5.92 Å². The van der Waals surface area contributed by atoms with Crippen molar-refractivity contribution in [3.8, 4) is 11.5 Å². The van der Waals surface area contributed by atoms with E-state index in [0.29, 0.717) is 6.42 Å². The normalized spacial score (nSPS) is 31.6. The van der Waals surface area contributed by atoms with Crippen molar-refractivity contribution >= 4 is 21.7 Å². The van der Waals surface area contributed by atoms with Gasteiger partial charge in [0.05, 0.1) is 29.3 Å². The maximum atomic E-state index is 13.1. The van der Waals surface area contributed by atoms with Crippen molar-refractivity contribution < 1.29 is 14.6 Å². The van der Waals surface area contributed by atoms with Crippen LogP contribution in [0.1, 0.15) is 54.2 Å². The first-order valence-electron chi connectivity index (χ1n) is 14.0. The third kappa shape index (κ3) is 2.35. The van der Waals surface area contributed by atoms with Crippen LogP contribution in [0.15, 0.2) is 48.5 Å². The van der Waals surface area contributed by atoms with Crippen molar-refractivity contribution in [1.29, 1.82) is 0 Å². The van der Waals surface area contributed by atoms with Crippen molar-refractivity contribution in [2.24, 2.45) is 5.92 Å². The molecule has 0 radical (unpaired) electrons. The van der Waals surface area contributed by atoms with Gasteiger partial charge in [0.2, 0.25) is 0 Å². The minimum Gasteiger partial charge on any atom is -0.493 e. The van der Waals surface area contributed by atoms with Crippen LogP contribution in [0.3, 0.4) is 0 Å². The second-order valence-electron chi connectivity index (χ2n) is 12.2. The van der Waals surface area contributed by atoms with Crippen LogP contribution in [0.4, 0.5) is 0 Å². The summed E-state index contributed by atoms with van der Waals surface area (Å²) in [6.45, 7) is 2.12. The second-order valence-corrected chi connectivity index (χ2v) is 12.2. The van der Waals surface area contributed by atoms with Gasteiger partial charge in [-0.1, -0.05) is 48.9 Å². The number of H-pyrrole nitrogens is 1. The molecule has 5 nitrogen and oxygen atoms in total. The number of aromatic amines is 1. The molecule has 3 aliphatic carbocycles. The summed E-state index contributed by atoms with van der Waals surface area (Å²) >= 11 is 0. The molecule has 2 aliphatic heterocycles. The van der Waals surface area contributed by atoms with Gasteiger partial charge in [-0.3, -0.25) is 4.90 Å². The van der Waals surface area contributed by atoms with Crippen LogP contribution in [0.2, 0.25) is 0 Å². The van der Waals surface area contributed by atoms with Gasteiger partial charge in [-0.25, -0.2) is 0 Å². The highest BCUT2D eigenvalue weighted by Gasteiger charge is 2.72. The highest BCUT2D eigenvalue weighted by Crippen LogP contribution is 2.69. The van der Waals surface area contributed by atoms with Crippen LogP contribution in [-0.4, -0.2) is 46.8 Å². The van der Waals surface area contributed by atoms with E-state index in [9.17, 15) is 5.11 Å². The Kier molecular flexibility index (Phi) is 3.90. The Morgan fingerprint density at radius 3 is 2.84 bits per heavy atom. The molecule has 2 N–H and O–H groups in total. The molecular weight excluding hydrogens is 460 g/mol. The zero-order valence-corrected chi connectivity index (χ0v) is 21.2. The SMILES string of the molecule is COc1ccc2c3c1OC1c4[nH]c5c(ccc6ccccc65)c4CC4(O)[C@@H](C2)N(CC2CCC2)CC[C@]314. The van der Waals surface area contributed by atoms with Gasteiger partial charge in [0.25, 0.3) is 0 Å². The number of likely N-dealkylation sites (tertiary alicyclic amines) is 1. The number of hydrogen-bond acceptors (Lipinski definition) is 4. The highest BCUT2D eigenvalue weighted by molar-refractivity contribution is 6.07. The minimum atomic E-state index is -0.891. The van der Waals surface area contributed by atoms with E-state index in [1.165, 1.54) is 52.1 Å². The van der Waals surface area contributed by atoms with Gasteiger partial charge < -0.3 is 19.6 Å². The summed E-state index contributed by atoms with van der Waals surface area (Å²) in [7, 11) is 1.72. The second kappa shape index (κ2) is 6.89. The fourth-order valence-electron chi connectivity index (χ4n) is 8.89. The Labute approximate surface area is 216 Å². The predicted octanol–water partition coefficient (Wildman–Crippen LogP) is 5.42. The number of nitrogens with zero attached hydrogens (tertiary/aromatic N) is 1. The monoisotopic (exact) mass is 492 g/mol. The molecule has 9 rings (SSSR count). The van der Waals surface area contributed by atoms with E-state index >= 15 is 0 Å². The van der Waals surface area contributed by atoms with Crippen LogP contribution in [-0.2, 0) is 18.3 Å². The summed E-state index contributed by atoms with van der Waals surface area (Å²) in [5.74, 6) is 2.41. The van der Waals surface area contributed by atoms with E-state index in [1.54, 1.807) is 7.11 Å². The average molecular weight is 493 g/mol. The molecule has 3 aromatic carbocycles. The molecule has 0 amide bonds. The number of fused-ring (bicyclic) bond motifs is 6. The Bertz CT molecular complexity index is 1620. The van der Waals surface area contributed by atoms with Crippen molar-refractivity contribution in [2.45, 2.75) is 61.7 Å². The summed E-state index contributed by atoms with van der Waals surface area (Å²) < 4.78 is 12.8. The Morgan fingerprint density at radius 2 is 2.00 bits per heavy atom. The Balaban J connectivity index is 1.32. The maximum Gasteiger partial charge on any atom is 0.166 e. The topological polar surface area (TPSA) is 57.7 Å². The molecule has 5 aliphatic rings. The molecule has 5 heteroatoms. The molecule has 3 heterocycles. The molecule has 188 valence electrons. The molecule has 1 aromatic heterocycles. The number of ether oxygens (including phenoxy) is 2. The molecule has 2 bridgehead atoms. The molecule has 4 atom stereocenters. The Morgan fingerprint density at radius 1 is 1.11 bits per heavy atom. The van der Waals surface area contributed by atoms with Crippen LogP contribution < -0.4 is 9.47 Å². The fraction of sp³-hybridized carbons (Fsp3) is 0.438. The van der Waals surface area contributed by atoms with Gasteiger partial charge in [-0.05, 0) is 60.7 Å². The molecule has 2 unspecified atom stereocenters. The predicted molar refractivity (Wildman–Crippen MR) is 144 cm³/mol. The number of aliphatic hydroxyl groups is 1. The van der Waals surface area contributed by atoms with Crippen molar-refractivity contribution in [2.75, 3.05) is 20.2 Å². The zero-order chi connectivity index (χ0) is 24.5. The molecule has 37 heavy (non-hydrogen) atoms. The van der Waals surface area contributed by atoms with Gasteiger partial charge in [-0.2, -0.15) is 0 Å². The first-order valence-corrected chi connectivity index (χ1v) is 14.0. The zero-order valence-electron chi connectivity index (χ0n) is 21.2. The quantitative estimate of drug-likeness (QED) is 0.401. The first-order chi connectivity index (χ1) is 18.1. The van der Waals surface area contributed by atoms with E-state index in [1.807, 2.05) is 0 Å². The minimum absolute atomic E-state index is 0.0957. The Hall–Kier alpha value is -3.02. The van der Waals surface area contributed by atoms with E-state index in [0.717, 1.165) is 54.6 Å². The fourth-order valence-corrected chi connectivity index (χ4v) is 8.89. The molecule has 1 spiro atoms. The first kappa shape index (κ1) is 21.0. The van der Waals surface area contributed by atoms with Gasteiger partial charge in [0, 0.05) is 35.3 Å². The van der Waals surface area contributed by atoms with Gasteiger partial charge in [0.1, 0.15) is 0 Å². The molecule has 1 saturated carbocycles. The van der Waals surface area contributed by atoms with Crippen molar-refractivity contribution in [1.82, 2.24) is 9.88 Å². The highest BCUT2D eigenvalue weighted by atomic mass is 16.5. The standard InChI is InChI=1S/C32H32N2O3/c1-36-24-12-10-20-15-25-32(35)16-23-22-11-9-19-7-2-3-8-21(19)27(22)33-28(23)30-31(32,26(20)29(24)37-30)13-14-34(25)17-18-5-4-6-18/h2-3,7-12,18,25,30,33,35H,4-6,13-17H2,1H3/t25-,30?,31+,32?/m1/s1. The number of rotatable bonds is 3. The molecule has 1 saturated heterocycles. The lowest BCUT2D eigenvalue weighted by molar-refractivity contribution is -0.175. The number of piperidine rings is 1. The van der Waals surface area contributed by atoms with Gasteiger partial charge >= 0.3 is 0 Å². The van der Waals surface area contributed by atoms with E-state index in [4.69, 9.17) is 9.47 Å². The van der Waals surface area contributed by atoms with Gasteiger partial charge in [0.15, 0.2) is 17.6 Å². The van der Waals surface area contributed by atoms with E-state index < -0.39 is 11.0 Å². The summed E-state index contributed by atoms with van der Waals surface area (Å²) in [6, 6.07) is 17.4. The van der Waals surface area contributed by atoms with Crippen LogP contribution >= 0.6 is 0 Å². The average Bonchev–Trinajstić information content (AvgIpc) is 3.42. The van der Waals surface area contributed by atoms with Crippen LogP contribution in [0.5, 0.6) is 11.5 Å². The lowest BCUT2D eigenvalue weighted by atomic mass is 9.49. The van der Waals surface area contributed by atoms with Crippen LogP contribution in [0.25, 0.3) is 21.7 Å². The summed E-state index contributed by atoms with van der Waals surface area (Å²) in [5.41, 5.74) is 4.73. The number of benzene rings is 3. The third-order valence-electron chi connectivity index (χ3n) is 10.8. The summed E-state index contributed by atoms with van der Waals surface area (Å²) in [4.78, 5) is 6.50. The molecular formula is C32H32N2O3. The maximum absolute atomic E-state index is 13.1. The van der Waals surface area contributed by atoms with E-state index in [2.05, 4.69) is 58.4 Å². The number of aromatic nitrogens is 1. The lowest BCUT2D eigenvalue weighted by Gasteiger charge is -2.63. The summed E-state index contributed by atoms with van der Waals surface area (Å²) in [6.07, 6.45) is 6.19. The number of hydrogen-bond donors (Lipinski definition) is 2. The molecule has 2 fully saturated rings. The number of nitrogens with one attached hydrogen (secondary N) is 1. The lowest BCUT2D eigenvalue weighted by Crippen LogP contribution is -2.74. The van der Waals surface area contributed by atoms with Gasteiger partial charge in [-0.15, -0.1) is 0 Å². The van der Waals surface area contributed by atoms with Crippen molar-refractivity contribution in [3.05, 3.63) is 70.9 Å². The molecule has 4 aromatic rings. The summed E-state index contributed by atoms with van der Waals surface area (Å²) in [5, 5.41) is 16.8. The third-order valence-corrected chi connectivity index (χ3v) is 10.8. The van der Waals surface area contributed by atoms with E-state index in [-0.39, 0.29) is 12.1 Å².